The summed E-state index contributed by atoms with van der Waals surface area (Å²) in [4.78, 5) is 9.75. The van der Waals surface area contributed by atoms with Gasteiger partial charge in [-0.2, -0.15) is 5.26 Å². The highest BCUT2D eigenvalue weighted by atomic mass is 16.6. The Morgan fingerprint density at radius 2 is 2.00 bits per heavy atom. The fourth-order valence-corrected chi connectivity index (χ4v) is 1.31. The van der Waals surface area contributed by atoms with Gasteiger partial charge in [-0.25, -0.2) is 0 Å². The summed E-state index contributed by atoms with van der Waals surface area (Å²) < 4.78 is 0. The summed E-state index contributed by atoms with van der Waals surface area (Å²) in [6, 6.07) is 1.99. The second-order valence-electron chi connectivity index (χ2n) is 2.83. The van der Waals surface area contributed by atoms with Crippen molar-refractivity contribution in [3.63, 3.8) is 0 Å². The van der Waals surface area contributed by atoms with Crippen LogP contribution in [0.25, 0.3) is 0 Å². The lowest BCUT2D eigenvalue weighted by molar-refractivity contribution is -0.487. The van der Waals surface area contributed by atoms with Crippen molar-refractivity contribution in [1.82, 2.24) is 0 Å². The minimum atomic E-state index is -0.421. The number of nitro groups is 1. The number of hydrogen-bond acceptors (Lipinski definition) is 3. The molecular weight excluding hydrogens is 156 g/mol. The minimum absolute atomic E-state index is 0.167. The summed E-state index contributed by atoms with van der Waals surface area (Å²) in [5, 5.41) is 18.8. The predicted molar refractivity (Wildman–Crippen MR) is 45.0 cm³/mol. The summed E-state index contributed by atoms with van der Waals surface area (Å²) in [6.07, 6.45) is 1.67. The third-order valence-corrected chi connectivity index (χ3v) is 2.13. The molecule has 0 spiro atoms. The molecule has 0 saturated carbocycles. The Kier molecular flexibility index (Phi) is 5.02. The molecule has 0 rings (SSSR count). The zero-order chi connectivity index (χ0) is 9.56. The molecule has 0 N–H and O–H groups in total. The summed E-state index contributed by atoms with van der Waals surface area (Å²) in [7, 11) is 0. The monoisotopic (exact) mass is 170 g/mol. The number of rotatable bonds is 5. The molecule has 68 valence electrons. The summed E-state index contributed by atoms with van der Waals surface area (Å²) in [5.41, 5.74) is 0. The molecule has 0 aliphatic rings. The standard InChI is InChI=1S/C8H14N2O2/c1-3-7(4-2)8(5-9)6-10(11)12/h7-8H,3-4,6H2,1-2H3/t8-/m1/s1. The maximum absolute atomic E-state index is 10.2. The number of nitriles is 1. The van der Waals surface area contributed by atoms with Crippen LogP contribution in [0.4, 0.5) is 0 Å². The number of hydrogen-bond donors (Lipinski definition) is 0. The largest absolute Gasteiger partial charge is 0.264 e. The van der Waals surface area contributed by atoms with Gasteiger partial charge in [0.15, 0.2) is 0 Å². The fraction of sp³-hybridized carbons (Fsp3) is 0.875. The van der Waals surface area contributed by atoms with Gasteiger partial charge in [0.05, 0.1) is 6.07 Å². The van der Waals surface area contributed by atoms with Crippen molar-refractivity contribution in [1.29, 1.82) is 5.26 Å². The molecule has 0 bridgehead atoms. The van der Waals surface area contributed by atoms with Crippen LogP contribution in [0.5, 0.6) is 0 Å². The second-order valence-corrected chi connectivity index (χ2v) is 2.83. The Hall–Kier alpha value is -1.11. The molecular formula is C8H14N2O2. The molecule has 0 aromatic rings. The number of nitrogens with zero attached hydrogens (tertiary/aromatic N) is 2. The first-order valence-electron chi connectivity index (χ1n) is 4.17. The predicted octanol–water partition coefficient (Wildman–Crippen LogP) is 1.84. The average molecular weight is 170 g/mol. The van der Waals surface area contributed by atoms with E-state index in [-0.39, 0.29) is 12.5 Å². The molecule has 4 heteroatoms. The van der Waals surface area contributed by atoms with Gasteiger partial charge in [-0.1, -0.05) is 26.7 Å². The minimum Gasteiger partial charge on any atom is -0.264 e. The Morgan fingerprint density at radius 3 is 2.25 bits per heavy atom. The van der Waals surface area contributed by atoms with E-state index in [0.717, 1.165) is 12.8 Å². The van der Waals surface area contributed by atoms with E-state index in [9.17, 15) is 10.1 Å². The maximum atomic E-state index is 10.2. The van der Waals surface area contributed by atoms with Crippen LogP contribution < -0.4 is 0 Å². The highest BCUT2D eigenvalue weighted by Crippen LogP contribution is 2.18. The SMILES string of the molecule is CCC(CC)[C@H](C#N)C[N+](=O)[O-]. The van der Waals surface area contributed by atoms with Crippen molar-refractivity contribution in [2.24, 2.45) is 11.8 Å². The van der Waals surface area contributed by atoms with Gasteiger partial charge in [-0.05, 0) is 5.92 Å². The van der Waals surface area contributed by atoms with Crippen molar-refractivity contribution >= 4 is 0 Å². The quantitative estimate of drug-likeness (QED) is 0.467. The first-order valence-corrected chi connectivity index (χ1v) is 4.17. The molecule has 0 amide bonds. The normalized spacial score (nSPS) is 12.5. The fourth-order valence-electron chi connectivity index (χ4n) is 1.31. The molecule has 0 radical (unpaired) electrons. The maximum Gasteiger partial charge on any atom is 0.219 e. The van der Waals surface area contributed by atoms with Crippen LogP contribution in [-0.2, 0) is 0 Å². The van der Waals surface area contributed by atoms with E-state index < -0.39 is 10.8 Å². The van der Waals surface area contributed by atoms with Gasteiger partial charge >= 0.3 is 0 Å². The van der Waals surface area contributed by atoms with Gasteiger partial charge in [0.2, 0.25) is 6.54 Å². The van der Waals surface area contributed by atoms with E-state index >= 15 is 0 Å². The van der Waals surface area contributed by atoms with Crippen LogP contribution >= 0.6 is 0 Å². The third-order valence-electron chi connectivity index (χ3n) is 2.13. The molecule has 0 aromatic heterocycles. The molecule has 0 unspecified atom stereocenters. The lowest BCUT2D eigenvalue weighted by atomic mass is 9.89. The van der Waals surface area contributed by atoms with Crippen LogP contribution in [-0.4, -0.2) is 11.5 Å². The Labute approximate surface area is 72.3 Å². The zero-order valence-corrected chi connectivity index (χ0v) is 7.49. The van der Waals surface area contributed by atoms with Gasteiger partial charge < -0.3 is 0 Å². The summed E-state index contributed by atoms with van der Waals surface area (Å²) in [6.45, 7) is 3.69. The molecule has 1 atom stereocenters. The summed E-state index contributed by atoms with van der Waals surface area (Å²) >= 11 is 0. The van der Waals surface area contributed by atoms with E-state index in [2.05, 4.69) is 0 Å². The van der Waals surface area contributed by atoms with Crippen molar-refractivity contribution in [3.05, 3.63) is 10.1 Å². The third kappa shape index (κ3) is 3.33. The first kappa shape index (κ1) is 10.9. The molecule has 0 saturated heterocycles. The van der Waals surface area contributed by atoms with E-state index in [0.29, 0.717) is 0 Å². The van der Waals surface area contributed by atoms with Crippen LogP contribution in [0.15, 0.2) is 0 Å². The average Bonchev–Trinajstić information content (AvgIpc) is 2.04. The van der Waals surface area contributed by atoms with E-state index in [1.807, 2.05) is 19.9 Å². The molecule has 0 fully saturated rings. The lowest BCUT2D eigenvalue weighted by Gasteiger charge is -2.14. The van der Waals surface area contributed by atoms with Crippen LogP contribution in [0, 0.1) is 33.3 Å². The van der Waals surface area contributed by atoms with E-state index in [1.54, 1.807) is 0 Å². The van der Waals surface area contributed by atoms with Gasteiger partial charge in [0.1, 0.15) is 5.92 Å². The smallest absolute Gasteiger partial charge is 0.219 e. The topological polar surface area (TPSA) is 66.9 Å². The lowest BCUT2D eigenvalue weighted by Crippen LogP contribution is -2.20. The second kappa shape index (κ2) is 5.53. The van der Waals surface area contributed by atoms with E-state index in [1.165, 1.54) is 0 Å². The molecule has 0 heterocycles. The Bertz CT molecular complexity index is 182. The van der Waals surface area contributed by atoms with Crippen LogP contribution in [0.2, 0.25) is 0 Å². The highest BCUT2D eigenvalue weighted by molar-refractivity contribution is 4.86. The zero-order valence-electron chi connectivity index (χ0n) is 7.49. The first-order chi connectivity index (χ1) is 5.65. The van der Waals surface area contributed by atoms with Crippen molar-refractivity contribution < 1.29 is 4.92 Å². The Balaban J connectivity index is 4.13. The van der Waals surface area contributed by atoms with Crippen molar-refractivity contribution in [3.8, 4) is 6.07 Å². The van der Waals surface area contributed by atoms with Gasteiger partial charge in [0, 0.05) is 4.92 Å². The molecule has 0 aliphatic heterocycles. The van der Waals surface area contributed by atoms with Gasteiger partial charge in [-0.15, -0.1) is 0 Å². The molecule has 0 aromatic carbocycles. The highest BCUT2D eigenvalue weighted by Gasteiger charge is 2.22. The van der Waals surface area contributed by atoms with Crippen LogP contribution in [0.3, 0.4) is 0 Å². The van der Waals surface area contributed by atoms with Gasteiger partial charge in [0.25, 0.3) is 0 Å². The molecule has 12 heavy (non-hydrogen) atoms. The van der Waals surface area contributed by atoms with Gasteiger partial charge in [-0.3, -0.25) is 10.1 Å². The van der Waals surface area contributed by atoms with Crippen molar-refractivity contribution in [2.45, 2.75) is 26.7 Å². The van der Waals surface area contributed by atoms with Crippen molar-refractivity contribution in [2.75, 3.05) is 6.54 Å². The van der Waals surface area contributed by atoms with E-state index in [4.69, 9.17) is 5.26 Å². The Morgan fingerprint density at radius 1 is 1.50 bits per heavy atom. The molecule has 4 nitrogen and oxygen atoms in total. The molecule has 0 aliphatic carbocycles. The van der Waals surface area contributed by atoms with Crippen LogP contribution in [0.1, 0.15) is 26.7 Å². The summed E-state index contributed by atoms with van der Waals surface area (Å²) in [5.74, 6) is -0.254.